The van der Waals surface area contributed by atoms with Gasteiger partial charge < -0.3 is 10.5 Å². The van der Waals surface area contributed by atoms with Gasteiger partial charge in [0.25, 0.3) is 0 Å². The molecule has 0 spiro atoms. The zero-order valence-corrected chi connectivity index (χ0v) is 5.10. The van der Waals surface area contributed by atoms with E-state index >= 15 is 0 Å². The van der Waals surface area contributed by atoms with Gasteiger partial charge in [-0.25, -0.2) is 4.79 Å². The average molecular weight is 117 g/mol. The summed E-state index contributed by atoms with van der Waals surface area (Å²) in [6.07, 6.45) is -0.711. The van der Waals surface area contributed by atoms with Gasteiger partial charge in [-0.15, -0.1) is 0 Å². The molecule has 0 unspecified atom stereocenters. The molecule has 0 aromatic heterocycles. The maximum absolute atomic E-state index is 9.60. The summed E-state index contributed by atoms with van der Waals surface area (Å²) in [5, 5.41) is 0. The summed E-state index contributed by atoms with van der Waals surface area (Å²) in [5.74, 6) is 0. The molecule has 7 heavy (non-hydrogen) atoms. The third kappa shape index (κ3) is 10.8. The van der Waals surface area contributed by atoms with E-state index in [-0.39, 0.29) is 11.0 Å². The topological polar surface area (TPSA) is 52.3 Å². The average Bonchev–Trinajstić information content (AvgIpc) is 1.35. The van der Waals surface area contributed by atoms with Crippen LogP contribution in [-0.2, 0) is 4.74 Å². The van der Waals surface area contributed by atoms with Gasteiger partial charge in [0.15, 0.2) is 0 Å². The second-order valence-electron chi connectivity index (χ2n) is 0.752. The number of carbonyl (C=O) groups excluding carboxylic acids is 1. The summed E-state index contributed by atoms with van der Waals surface area (Å²) in [6, 6.07) is 0. The second-order valence-corrected chi connectivity index (χ2v) is 0.752. The minimum atomic E-state index is -0.711. The smallest absolute Gasteiger partial charge is 0.404 e. The minimum absolute atomic E-state index is 0. The highest BCUT2D eigenvalue weighted by molar-refractivity contribution is 5.75. The van der Waals surface area contributed by atoms with E-state index in [0.717, 1.165) is 0 Å². The van der Waals surface area contributed by atoms with Gasteiger partial charge in [0.1, 0.15) is 0 Å². The van der Waals surface area contributed by atoms with Crippen molar-refractivity contribution in [3.05, 3.63) is 0 Å². The van der Waals surface area contributed by atoms with Crippen LogP contribution in [0.15, 0.2) is 0 Å². The van der Waals surface area contributed by atoms with Crippen molar-refractivity contribution in [3.63, 3.8) is 0 Å². The monoisotopic (exact) mass is 117 g/mol. The van der Waals surface area contributed by atoms with Crippen molar-refractivity contribution in [1.82, 2.24) is 0 Å². The molecule has 4 heteroatoms. The third-order valence-electron chi connectivity index (χ3n) is 0.287. The Kier molecular flexibility index (Phi) is 7.60. The number of primary amides is 1. The normalized spacial score (nSPS) is 6.43. The molecule has 0 saturated heterocycles. The van der Waals surface area contributed by atoms with Gasteiger partial charge in [-0.2, -0.15) is 0 Å². The Morgan fingerprint density at radius 2 is 2.29 bits per heavy atom. The number of nitrogens with two attached hydrogens (primary N) is 1. The molecule has 0 aromatic rings. The van der Waals surface area contributed by atoms with Crippen LogP contribution in [0, 0.1) is 0 Å². The summed E-state index contributed by atoms with van der Waals surface area (Å²) >= 11 is 0. The lowest BCUT2D eigenvalue weighted by molar-refractivity contribution is 0.163. The van der Waals surface area contributed by atoms with Gasteiger partial charge in [-0.05, 0) is 6.92 Å². The van der Waals surface area contributed by atoms with Gasteiger partial charge in [-0.3, -0.25) is 0 Å². The van der Waals surface area contributed by atoms with Crippen LogP contribution in [0.5, 0.6) is 0 Å². The predicted octanol–water partition coefficient (Wildman–Crippen LogP) is -0.279. The first-order valence-electron chi connectivity index (χ1n) is 1.69. The van der Waals surface area contributed by atoms with E-state index < -0.39 is 6.09 Å². The Balaban J connectivity index is 0. The van der Waals surface area contributed by atoms with E-state index in [1.165, 1.54) is 0 Å². The van der Waals surface area contributed by atoms with E-state index in [9.17, 15) is 4.79 Å². The molecule has 0 bridgehead atoms. The fourth-order valence-electron chi connectivity index (χ4n) is 0.142. The lowest BCUT2D eigenvalue weighted by atomic mass is 10.9. The third-order valence-corrected chi connectivity index (χ3v) is 0.287. The van der Waals surface area contributed by atoms with Crippen LogP contribution in [-0.4, -0.2) is 23.7 Å². The summed E-state index contributed by atoms with van der Waals surface area (Å²) in [5.41, 5.74) is 4.54. The molecule has 0 saturated carbocycles. The molecular weight excluding hydrogens is 110 g/mol. The fourth-order valence-corrected chi connectivity index (χ4v) is 0.142. The first kappa shape index (κ1) is 9.70. The maximum Gasteiger partial charge on any atom is 0.404 e. The zero-order chi connectivity index (χ0) is 4.99. The Labute approximate surface area is 46.9 Å². The van der Waals surface area contributed by atoms with Crippen molar-refractivity contribution >= 4 is 17.1 Å². The number of rotatable bonds is 1. The van der Waals surface area contributed by atoms with Crippen LogP contribution in [0.4, 0.5) is 4.79 Å². The summed E-state index contributed by atoms with van der Waals surface area (Å²) in [7, 11) is 0. The standard InChI is InChI=1S/C3H7NO2.Si/c1-2-6-3(4)5;/h2H2,1H3,(H2,4,5);. The quantitative estimate of drug-likeness (QED) is 0.480. The van der Waals surface area contributed by atoms with Crippen LogP contribution >= 0.6 is 0 Å². The van der Waals surface area contributed by atoms with E-state index in [1.54, 1.807) is 6.92 Å². The number of hydrogen-bond donors (Lipinski definition) is 1. The molecule has 40 valence electrons. The summed E-state index contributed by atoms with van der Waals surface area (Å²) in [6.45, 7) is 2.06. The van der Waals surface area contributed by atoms with Gasteiger partial charge in [0.05, 0.1) is 6.61 Å². The van der Waals surface area contributed by atoms with Crippen LogP contribution in [0.1, 0.15) is 6.92 Å². The van der Waals surface area contributed by atoms with Crippen molar-refractivity contribution in [1.29, 1.82) is 0 Å². The SMILES string of the molecule is CCOC(N)=O.[Si]. The van der Waals surface area contributed by atoms with E-state index in [0.29, 0.717) is 6.61 Å². The molecule has 0 atom stereocenters. The number of amides is 1. The highest BCUT2D eigenvalue weighted by atomic mass is 28.1. The van der Waals surface area contributed by atoms with Gasteiger partial charge in [0, 0.05) is 11.0 Å². The molecule has 0 aromatic carbocycles. The van der Waals surface area contributed by atoms with E-state index in [1.807, 2.05) is 0 Å². The van der Waals surface area contributed by atoms with Crippen molar-refractivity contribution in [3.8, 4) is 0 Å². The Morgan fingerprint density at radius 3 is 2.29 bits per heavy atom. The number of carbonyl (C=O) groups is 1. The Morgan fingerprint density at radius 1 is 1.86 bits per heavy atom. The zero-order valence-electron chi connectivity index (χ0n) is 4.10. The first-order chi connectivity index (χ1) is 2.77. The molecule has 0 aliphatic carbocycles. The highest BCUT2D eigenvalue weighted by Gasteiger charge is 1.82. The fraction of sp³-hybridized carbons (Fsp3) is 0.667. The van der Waals surface area contributed by atoms with Crippen molar-refractivity contribution in [2.45, 2.75) is 6.92 Å². The molecule has 0 rings (SSSR count). The van der Waals surface area contributed by atoms with Crippen LogP contribution in [0.2, 0.25) is 0 Å². The number of ether oxygens (including phenoxy) is 1. The van der Waals surface area contributed by atoms with E-state index in [4.69, 9.17) is 0 Å². The lowest BCUT2D eigenvalue weighted by Gasteiger charge is -1.89. The lowest BCUT2D eigenvalue weighted by Crippen LogP contribution is -2.11. The van der Waals surface area contributed by atoms with Gasteiger partial charge in [0.2, 0.25) is 0 Å². The van der Waals surface area contributed by atoms with E-state index in [2.05, 4.69) is 10.5 Å². The van der Waals surface area contributed by atoms with Crippen LogP contribution in [0.3, 0.4) is 0 Å². The molecule has 1 amide bonds. The highest BCUT2D eigenvalue weighted by Crippen LogP contribution is 1.66. The Bertz CT molecular complexity index is 56.9. The Hall–Kier alpha value is -0.513. The maximum atomic E-state index is 9.60. The molecule has 4 radical (unpaired) electrons. The number of hydrogen-bond acceptors (Lipinski definition) is 2. The second kappa shape index (κ2) is 5.49. The predicted molar refractivity (Wildman–Crippen MR) is 27.0 cm³/mol. The molecule has 0 aliphatic rings. The van der Waals surface area contributed by atoms with Crippen LogP contribution in [0.25, 0.3) is 0 Å². The minimum Gasteiger partial charge on any atom is -0.450 e. The van der Waals surface area contributed by atoms with Crippen molar-refractivity contribution in [2.75, 3.05) is 6.61 Å². The van der Waals surface area contributed by atoms with Crippen molar-refractivity contribution in [2.24, 2.45) is 5.73 Å². The molecule has 0 fully saturated rings. The molecule has 3 nitrogen and oxygen atoms in total. The van der Waals surface area contributed by atoms with Gasteiger partial charge in [-0.1, -0.05) is 0 Å². The molecular formula is C3H7NO2Si. The largest absolute Gasteiger partial charge is 0.450 e. The van der Waals surface area contributed by atoms with Crippen LogP contribution < -0.4 is 5.73 Å². The summed E-state index contributed by atoms with van der Waals surface area (Å²) < 4.78 is 4.18. The first-order valence-corrected chi connectivity index (χ1v) is 1.69. The van der Waals surface area contributed by atoms with Crippen molar-refractivity contribution < 1.29 is 9.53 Å². The molecule has 0 aliphatic heterocycles. The molecule has 0 heterocycles. The summed E-state index contributed by atoms with van der Waals surface area (Å²) in [4.78, 5) is 9.60. The molecule has 2 N–H and O–H groups in total. The van der Waals surface area contributed by atoms with Gasteiger partial charge >= 0.3 is 6.09 Å².